The van der Waals surface area contributed by atoms with E-state index in [0.29, 0.717) is 63.0 Å². The van der Waals surface area contributed by atoms with Gasteiger partial charge in [-0.2, -0.15) is 0 Å². The Hall–Kier alpha value is -2.75. The Balaban J connectivity index is 1.54. The third kappa shape index (κ3) is 5.43. The van der Waals surface area contributed by atoms with E-state index in [1.807, 2.05) is 42.2 Å². The van der Waals surface area contributed by atoms with Crippen LogP contribution in [0.2, 0.25) is 0 Å². The van der Waals surface area contributed by atoms with Crippen molar-refractivity contribution in [3.63, 3.8) is 0 Å². The lowest BCUT2D eigenvalue weighted by molar-refractivity contribution is -0.130. The summed E-state index contributed by atoms with van der Waals surface area (Å²) < 4.78 is 5.40. The molecule has 0 radical (unpaired) electrons. The highest BCUT2D eigenvalue weighted by molar-refractivity contribution is 7.20. The Labute approximate surface area is 198 Å². The van der Waals surface area contributed by atoms with Gasteiger partial charge in [-0.25, -0.2) is 0 Å². The summed E-state index contributed by atoms with van der Waals surface area (Å²) in [7, 11) is 0. The minimum atomic E-state index is -0.150. The zero-order valence-electron chi connectivity index (χ0n) is 19.1. The lowest BCUT2D eigenvalue weighted by Crippen LogP contribution is -2.49. The van der Waals surface area contributed by atoms with Crippen molar-refractivity contribution < 1.29 is 19.1 Å². The van der Waals surface area contributed by atoms with Gasteiger partial charge in [0.2, 0.25) is 11.8 Å². The van der Waals surface area contributed by atoms with E-state index in [-0.39, 0.29) is 24.3 Å². The number of nitrogens with one attached hydrogen (secondary N) is 1. The number of benzene rings is 1. The summed E-state index contributed by atoms with van der Waals surface area (Å²) >= 11 is 1.44. The van der Waals surface area contributed by atoms with E-state index in [1.54, 1.807) is 16.7 Å². The van der Waals surface area contributed by atoms with Crippen LogP contribution in [-0.2, 0) is 14.3 Å². The molecule has 8 nitrogen and oxygen atoms in total. The summed E-state index contributed by atoms with van der Waals surface area (Å²) in [6.45, 7) is 8.44. The molecule has 1 aromatic heterocycles. The first-order valence-electron chi connectivity index (χ1n) is 11.3. The van der Waals surface area contributed by atoms with Crippen molar-refractivity contribution >= 4 is 34.1 Å². The Morgan fingerprint density at radius 1 is 0.970 bits per heavy atom. The minimum Gasteiger partial charge on any atom is -0.378 e. The highest BCUT2D eigenvalue weighted by Crippen LogP contribution is 2.40. The topological polar surface area (TPSA) is 82.2 Å². The average Bonchev–Trinajstić information content (AvgIpc) is 3.15. The predicted octanol–water partition coefficient (Wildman–Crippen LogP) is 2.30. The molecule has 9 heteroatoms. The predicted molar refractivity (Wildman–Crippen MR) is 129 cm³/mol. The van der Waals surface area contributed by atoms with Crippen molar-refractivity contribution in [3.8, 4) is 10.4 Å². The molecule has 3 amide bonds. The number of carbonyl (C=O) groups is 3. The van der Waals surface area contributed by atoms with Crippen molar-refractivity contribution in [1.82, 2.24) is 14.7 Å². The zero-order valence-corrected chi connectivity index (χ0v) is 20.0. The first kappa shape index (κ1) is 23.4. The van der Waals surface area contributed by atoms with Gasteiger partial charge in [0.25, 0.3) is 5.91 Å². The quantitative estimate of drug-likeness (QED) is 0.725. The molecular formula is C24H30N4O4S. The number of piperazine rings is 1. The van der Waals surface area contributed by atoms with Crippen molar-refractivity contribution in [2.75, 3.05) is 64.3 Å². The second kappa shape index (κ2) is 10.5. The lowest BCUT2D eigenvalue weighted by atomic mass is 10.1. The Kier molecular flexibility index (Phi) is 7.42. The third-order valence-electron chi connectivity index (χ3n) is 6.13. The van der Waals surface area contributed by atoms with Crippen LogP contribution in [0.3, 0.4) is 0 Å². The molecule has 0 bridgehead atoms. The molecule has 0 unspecified atom stereocenters. The summed E-state index contributed by atoms with van der Waals surface area (Å²) in [6.07, 6.45) is 0. The second-order valence-corrected chi connectivity index (χ2v) is 9.38. The number of ether oxygens (including phenoxy) is 1. The number of amides is 3. The second-order valence-electron chi connectivity index (χ2n) is 8.36. The number of anilines is 1. The van der Waals surface area contributed by atoms with Crippen LogP contribution in [-0.4, -0.2) is 91.4 Å². The van der Waals surface area contributed by atoms with Gasteiger partial charge in [-0.3, -0.25) is 19.3 Å². The fourth-order valence-corrected chi connectivity index (χ4v) is 5.46. The number of morpholine rings is 1. The fraction of sp³-hybridized carbons (Fsp3) is 0.458. The molecule has 3 heterocycles. The van der Waals surface area contributed by atoms with Gasteiger partial charge in [-0.1, -0.05) is 30.3 Å². The molecule has 1 N–H and O–H groups in total. The molecule has 0 spiro atoms. The first-order chi connectivity index (χ1) is 15.9. The van der Waals surface area contributed by atoms with Crippen LogP contribution in [0.5, 0.6) is 0 Å². The highest BCUT2D eigenvalue weighted by Gasteiger charge is 2.28. The number of thiophene rings is 1. The van der Waals surface area contributed by atoms with Crippen LogP contribution in [0.1, 0.15) is 22.8 Å². The molecule has 0 atom stereocenters. The number of rotatable bonds is 5. The van der Waals surface area contributed by atoms with Gasteiger partial charge in [0.1, 0.15) is 5.00 Å². The maximum atomic E-state index is 13.4. The molecular weight excluding hydrogens is 440 g/mol. The van der Waals surface area contributed by atoms with Crippen molar-refractivity contribution in [1.29, 1.82) is 0 Å². The van der Waals surface area contributed by atoms with Crippen LogP contribution in [0.4, 0.5) is 5.00 Å². The monoisotopic (exact) mass is 470 g/mol. The molecule has 0 saturated carbocycles. The summed E-state index contributed by atoms with van der Waals surface area (Å²) in [5, 5.41) is 3.61. The molecule has 2 fully saturated rings. The van der Waals surface area contributed by atoms with Gasteiger partial charge >= 0.3 is 0 Å². The number of nitrogens with zero attached hydrogens (tertiary/aromatic N) is 3. The number of hydrogen-bond donors (Lipinski definition) is 1. The lowest BCUT2D eigenvalue weighted by Gasteiger charge is -2.33. The molecule has 2 saturated heterocycles. The van der Waals surface area contributed by atoms with Crippen LogP contribution in [0.25, 0.3) is 10.4 Å². The number of hydrogen-bond acceptors (Lipinski definition) is 6. The Morgan fingerprint density at radius 3 is 2.27 bits per heavy atom. The van der Waals surface area contributed by atoms with Crippen LogP contribution in [0, 0.1) is 6.92 Å². The normalized spacial score (nSPS) is 17.2. The van der Waals surface area contributed by atoms with Gasteiger partial charge in [0.05, 0.1) is 25.3 Å². The van der Waals surface area contributed by atoms with E-state index in [2.05, 4.69) is 5.32 Å². The largest absolute Gasteiger partial charge is 0.378 e. The van der Waals surface area contributed by atoms with Crippen LogP contribution in [0.15, 0.2) is 30.3 Å². The van der Waals surface area contributed by atoms with Gasteiger partial charge in [-0.05, 0) is 18.1 Å². The minimum absolute atomic E-state index is 0.0628. The van der Waals surface area contributed by atoms with Crippen molar-refractivity contribution in [2.45, 2.75) is 13.8 Å². The molecule has 176 valence electrons. The maximum Gasteiger partial charge on any atom is 0.257 e. The SMILES string of the molecule is CC(=O)N1CCN(CC(=O)Nc2sc(-c3ccccc3)c(C)c2C(=O)N2CCOCC2)CC1. The van der Waals surface area contributed by atoms with Crippen molar-refractivity contribution in [3.05, 3.63) is 41.5 Å². The molecule has 2 aliphatic rings. The molecule has 0 aliphatic carbocycles. The maximum absolute atomic E-state index is 13.4. The van der Waals surface area contributed by atoms with E-state index >= 15 is 0 Å². The number of carbonyl (C=O) groups excluding carboxylic acids is 3. The first-order valence-corrected chi connectivity index (χ1v) is 12.1. The van der Waals surface area contributed by atoms with E-state index in [1.165, 1.54) is 11.3 Å². The van der Waals surface area contributed by atoms with Gasteiger partial charge in [-0.15, -0.1) is 11.3 Å². The van der Waals surface area contributed by atoms with Crippen molar-refractivity contribution in [2.24, 2.45) is 0 Å². The standard InChI is InChI=1S/C24H30N4O4S/c1-17-21(24(31)28-12-14-32-15-13-28)23(33-22(17)19-6-4-3-5-7-19)25-20(30)16-26-8-10-27(11-9-26)18(2)29/h3-7H,8-16H2,1-2H3,(H,25,30). The van der Waals surface area contributed by atoms with E-state index < -0.39 is 0 Å². The smallest absolute Gasteiger partial charge is 0.257 e. The molecule has 33 heavy (non-hydrogen) atoms. The van der Waals surface area contributed by atoms with E-state index in [0.717, 1.165) is 16.0 Å². The van der Waals surface area contributed by atoms with Gasteiger partial charge < -0.3 is 19.9 Å². The summed E-state index contributed by atoms with van der Waals surface area (Å²) in [4.78, 5) is 44.5. The highest BCUT2D eigenvalue weighted by atomic mass is 32.1. The zero-order chi connectivity index (χ0) is 23.4. The molecule has 4 rings (SSSR count). The Morgan fingerprint density at radius 2 is 1.64 bits per heavy atom. The Bertz CT molecular complexity index is 1010. The summed E-state index contributed by atoms with van der Waals surface area (Å²) in [5.41, 5.74) is 2.47. The third-order valence-corrected chi connectivity index (χ3v) is 7.39. The van der Waals surface area contributed by atoms with Crippen LogP contribution < -0.4 is 5.32 Å². The van der Waals surface area contributed by atoms with Crippen LogP contribution >= 0.6 is 11.3 Å². The van der Waals surface area contributed by atoms with Gasteiger partial charge in [0.15, 0.2) is 0 Å². The molecule has 1 aromatic carbocycles. The fourth-order valence-electron chi connectivity index (χ4n) is 4.24. The summed E-state index contributed by atoms with van der Waals surface area (Å²) in [5.74, 6) is -0.157. The molecule has 2 aliphatic heterocycles. The molecule has 2 aromatic rings. The van der Waals surface area contributed by atoms with E-state index in [4.69, 9.17) is 4.74 Å². The van der Waals surface area contributed by atoms with E-state index in [9.17, 15) is 14.4 Å². The van der Waals surface area contributed by atoms with Gasteiger partial charge in [0, 0.05) is 51.1 Å². The average molecular weight is 471 g/mol. The summed E-state index contributed by atoms with van der Waals surface area (Å²) in [6, 6.07) is 9.93.